The highest BCUT2D eigenvalue weighted by molar-refractivity contribution is 7.20. The SMILES string of the molecule is CCn1cc(C(=O)O)c(=O)c2cc(/C=N/OC(C)(C)C)sc21. The lowest BCUT2D eigenvalue weighted by Crippen LogP contribution is -2.17. The summed E-state index contributed by atoms with van der Waals surface area (Å²) >= 11 is 1.37. The average molecular weight is 322 g/mol. The van der Waals surface area contributed by atoms with Crippen LogP contribution >= 0.6 is 11.3 Å². The van der Waals surface area contributed by atoms with Crippen molar-refractivity contribution in [3.05, 3.63) is 32.9 Å². The zero-order valence-electron chi connectivity index (χ0n) is 12.9. The summed E-state index contributed by atoms with van der Waals surface area (Å²) < 4.78 is 1.76. The van der Waals surface area contributed by atoms with Crippen LogP contribution in [0.5, 0.6) is 0 Å². The number of rotatable bonds is 4. The first-order valence-electron chi connectivity index (χ1n) is 6.84. The first-order chi connectivity index (χ1) is 10.2. The normalized spacial score (nSPS) is 12.2. The number of thiophene rings is 1. The Morgan fingerprint density at radius 3 is 2.73 bits per heavy atom. The van der Waals surface area contributed by atoms with E-state index in [9.17, 15) is 9.59 Å². The Kier molecular flexibility index (Phi) is 4.37. The molecule has 0 amide bonds. The van der Waals surface area contributed by atoms with E-state index in [1.54, 1.807) is 10.6 Å². The van der Waals surface area contributed by atoms with E-state index in [2.05, 4.69) is 5.16 Å². The van der Waals surface area contributed by atoms with Gasteiger partial charge in [-0.15, -0.1) is 11.3 Å². The molecule has 0 unspecified atom stereocenters. The quantitative estimate of drug-likeness (QED) is 0.693. The summed E-state index contributed by atoms with van der Waals surface area (Å²) in [6.45, 7) is 8.12. The molecule has 0 saturated carbocycles. The van der Waals surface area contributed by atoms with E-state index in [-0.39, 0.29) is 5.56 Å². The van der Waals surface area contributed by atoms with Crippen LogP contribution in [-0.4, -0.2) is 27.5 Å². The average Bonchev–Trinajstić information content (AvgIpc) is 2.82. The summed E-state index contributed by atoms with van der Waals surface area (Å²) in [6.07, 6.45) is 2.92. The van der Waals surface area contributed by atoms with Gasteiger partial charge in [0.25, 0.3) is 0 Å². The Bertz CT molecular complexity index is 796. The van der Waals surface area contributed by atoms with Crippen LogP contribution in [0, 0.1) is 0 Å². The molecule has 118 valence electrons. The smallest absolute Gasteiger partial charge is 0.341 e. The van der Waals surface area contributed by atoms with Crippen LogP contribution < -0.4 is 5.43 Å². The predicted octanol–water partition coefficient (Wildman–Crippen LogP) is 2.93. The van der Waals surface area contributed by atoms with Crippen molar-refractivity contribution < 1.29 is 14.7 Å². The molecule has 0 aliphatic carbocycles. The van der Waals surface area contributed by atoms with Gasteiger partial charge in [0.05, 0.1) is 16.5 Å². The number of hydrogen-bond donors (Lipinski definition) is 1. The van der Waals surface area contributed by atoms with Crippen molar-refractivity contribution >= 4 is 33.7 Å². The summed E-state index contributed by atoms with van der Waals surface area (Å²) in [5.41, 5.74) is -1.09. The Hall–Kier alpha value is -2.15. The maximum atomic E-state index is 12.2. The third-order valence-electron chi connectivity index (χ3n) is 2.84. The Labute approximate surface area is 131 Å². The third kappa shape index (κ3) is 3.36. The van der Waals surface area contributed by atoms with E-state index in [1.807, 2.05) is 27.7 Å². The number of oxime groups is 1. The standard InChI is InChI=1S/C15H18N2O4S/c1-5-17-8-11(14(19)20)12(18)10-6-9(22-13(10)17)7-16-21-15(2,3)4/h6-8H,5H2,1-4H3,(H,19,20)/b16-7+. The topological polar surface area (TPSA) is 80.9 Å². The van der Waals surface area contributed by atoms with Gasteiger partial charge in [0.2, 0.25) is 5.43 Å². The van der Waals surface area contributed by atoms with Gasteiger partial charge in [0.15, 0.2) is 0 Å². The van der Waals surface area contributed by atoms with Crippen molar-refractivity contribution in [1.29, 1.82) is 0 Å². The molecule has 2 aromatic heterocycles. The van der Waals surface area contributed by atoms with Gasteiger partial charge in [-0.25, -0.2) is 4.79 Å². The van der Waals surface area contributed by atoms with E-state index in [4.69, 9.17) is 9.94 Å². The second kappa shape index (κ2) is 5.92. The number of carboxylic acids is 1. The van der Waals surface area contributed by atoms with E-state index in [0.29, 0.717) is 11.9 Å². The Balaban J connectivity index is 2.52. The molecule has 2 rings (SSSR count). The zero-order valence-corrected chi connectivity index (χ0v) is 13.7. The molecule has 0 aromatic carbocycles. The maximum Gasteiger partial charge on any atom is 0.341 e. The van der Waals surface area contributed by atoms with Gasteiger partial charge < -0.3 is 14.5 Å². The number of aromatic nitrogens is 1. The maximum absolute atomic E-state index is 12.2. The van der Waals surface area contributed by atoms with Crippen LogP contribution in [0.2, 0.25) is 0 Å². The van der Waals surface area contributed by atoms with Crippen molar-refractivity contribution in [2.24, 2.45) is 5.16 Å². The van der Waals surface area contributed by atoms with Gasteiger partial charge in [0, 0.05) is 12.7 Å². The molecular formula is C15H18N2O4S. The number of hydrogen-bond acceptors (Lipinski definition) is 5. The van der Waals surface area contributed by atoms with E-state index in [0.717, 1.165) is 9.71 Å². The number of aryl methyl sites for hydroxylation is 1. The molecule has 2 aromatic rings. The number of carboxylic acid groups (broad SMARTS) is 1. The highest BCUT2D eigenvalue weighted by Crippen LogP contribution is 2.23. The Morgan fingerprint density at radius 1 is 1.50 bits per heavy atom. The van der Waals surface area contributed by atoms with Gasteiger partial charge in [-0.3, -0.25) is 4.79 Å². The minimum atomic E-state index is -1.22. The first kappa shape index (κ1) is 16.2. The molecule has 2 heterocycles. The van der Waals surface area contributed by atoms with Crippen molar-refractivity contribution in [3.8, 4) is 0 Å². The molecule has 7 heteroatoms. The number of fused-ring (bicyclic) bond motifs is 1. The summed E-state index contributed by atoms with van der Waals surface area (Å²) in [5.74, 6) is -1.22. The fourth-order valence-corrected chi connectivity index (χ4v) is 2.94. The number of aromatic carboxylic acids is 1. The van der Waals surface area contributed by atoms with Crippen LogP contribution in [0.15, 0.2) is 22.2 Å². The molecule has 0 aliphatic rings. The Morgan fingerprint density at radius 2 is 2.18 bits per heavy atom. The van der Waals surface area contributed by atoms with Gasteiger partial charge in [0.1, 0.15) is 16.0 Å². The van der Waals surface area contributed by atoms with E-state index < -0.39 is 17.0 Å². The lowest BCUT2D eigenvalue weighted by Gasteiger charge is -2.14. The fourth-order valence-electron chi connectivity index (χ4n) is 1.88. The lowest BCUT2D eigenvalue weighted by molar-refractivity contribution is 0.00201. The van der Waals surface area contributed by atoms with Crippen molar-refractivity contribution in [1.82, 2.24) is 4.57 Å². The van der Waals surface area contributed by atoms with Crippen LogP contribution in [0.4, 0.5) is 0 Å². The largest absolute Gasteiger partial charge is 0.477 e. The molecule has 0 fully saturated rings. The molecule has 6 nitrogen and oxygen atoms in total. The molecule has 0 radical (unpaired) electrons. The minimum Gasteiger partial charge on any atom is -0.477 e. The summed E-state index contributed by atoms with van der Waals surface area (Å²) in [6, 6.07) is 1.65. The first-order valence-corrected chi connectivity index (χ1v) is 7.66. The van der Waals surface area contributed by atoms with Crippen molar-refractivity contribution in [3.63, 3.8) is 0 Å². The van der Waals surface area contributed by atoms with Crippen molar-refractivity contribution in [2.75, 3.05) is 0 Å². The van der Waals surface area contributed by atoms with Crippen LogP contribution in [0.25, 0.3) is 10.2 Å². The van der Waals surface area contributed by atoms with Crippen molar-refractivity contribution in [2.45, 2.75) is 39.8 Å². The molecule has 0 spiro atoms. The predicted molar refractivity (Wildman–Crippen MR) is 87.2 cm³/mol. The van der Waals surface area contributed by atoms with Gasteiger partial charge in [-0.05, 0) is 33.8 Å². The van der Waals surface area contributed by atoms with Crippen LogP contribution in [-0.2, 0) is 11.4 Å². The minimum absolute atomic E-state index is 0.221. The second-order valence-electron chi connectivity index (χ2n) is 5.77. The summed E-state index contributed by atoms with van der Waals surface area (Å²) in [4.78, 5) is 30.1. The number of carbonyl (C=O) groups is 1. The molecule has 0 aliphatic heterocycles. The molecule has 0 bridgehead atoms. The van der Waals surface area contributed by atoms with E-state index >= 15 is 0 Å². The molecule has 0 saturated heterocycles. The highest BCUT2D eigenvalue weighted by atomic mass is 32.1. The van der Waals surface area contributed by atoms with Crippen LogP contribution in [0.3, 0.4) is 0 Å². The van der Waals surface area contributed by atoms with Gasteiger partial charge in [-0.2, -0.15) is 0 Å². The second-order valence-corrected chi connectivity index (χ2v) is 6.83. The highest BCUT2D eigenvalue weighted by Gasteiger charge is 2.16. The van der Waals surface area contributed by atoms with E-state index in [1.165, 1.54) is 23.7 Å². The summed E-state index contributed by atoms with van der Waals surface area (Å²) in [5, 5.41) is 13.4. The lowest BCUT2D eigenvalue weighted by atomic mass is 10.2. The van der Waals surface area contributed by atoms with Gasteiger partial charge in [-0.1, -0.05) is 5.16 Å². The number of pyridine rings is 1. The molecule has 0 atom stereocenters. The van der Waals surface area contributed by atoms with Crippen LogP contribution in [0.1, 0.15) is 42.9 Å². The molecule has 1 N–H and O–H groups in total. The third-order valence-corrected chi connectivity index (χ3v) is 3.95. The fraction of sp³-hybridized carbons (Fsp3) is 0.400. The number of nitrogens with zero attached hydrogens (tertiary/aromatic N) is 2. The molecule has 22 heavy (non-hydrogen) atoms. The summed E-state index contributed by atoms with van der Waals surface area (Å²) in [7, 11) is 0. The van der Waals surface area contributed by atoms with Gasteiger partial charge >= 0.3 is 5.97 Å². The monoisotopic (exact) mass is 322 g/mol. The molecular weight excluding hydrogens is 304 g/mol. The zero-order chi connectivity index (χ0) is 16.5.